The van der Waals surface area contributed by atoms with E-state index in [9.17, 15) is 0 Å². The van der Waals surface area contributed by atoms with Gasteiger partial charge in [-0.1, -0.05) is 28.1 Å². The zero-order chi connectivity index (χ0) is 12.1. The van der Waals surface area contributed by atoms with Crippen molar-refractivity contribution in [3.8, 4) is 0 Å². The summed E-state index contributed by atoms with van der Waals surface area (Å²) in [6.45, 7) is 6.42. The van der Waals surface area contributed by atoms with E-state index >= 15 is 0 Å². The van der Waals surface area contributed by atoms with Gasteiger partial charge in [-0.05, 0) is 45.1 Å². The Morgan fingerprint density at radius 2 is 2.06 bits per heavy atom. The van der Waals surface area contributed by atoms with Crippen LogP contribution < -0.4 is 5.32 Å². The van der Waals surface area contributed by atoms with Crippen molar-refractivity contribution in [2.75, 3.05) is 27.2 Å². The Balaban J connectivity index is 2.52. The van der Waals surface area contributed by atoms with E-state index in [0.29, 0.717) is 6.04 Å². The number of rotatable bonds is 5. The Kier molecular flexibility index (Phi) is 5.46. The van der Waals surface area contributed by atoms with Crippen molar-refractivity contribution in [1.29, 1.82) is 0 Å². The summed E-state index contributed by atoms with van der Waals surface area (Å²) in [7, 11) is 4.19. The fraction of sp³-hybridized carbons (Fsp3) is 0.538. The lowest BCUT2D eigenvalue weighted by atomic mass is 10.1. The molecule has 0 radical (unpaired) electrons. The lowest BCUT2D eigenvalue weighted by Crippen LogP contribution is -2.28. The number of likely N-dealkylation sites (N-methyl/N-ethyl adjacent to an activating group) is 1. The van der Waals surface area contributed by atoms with E-state index in [0.717, 1.165) is 13.1 Å². The topological polar surface area (TPSA) is 15.3 Å². The Morgan fingerprint density at radius 3 is 2.62 bits per heavy atom. The van der Waals surface area contributed by atoms with Crippen LogP contribution in [0.4, 0.5) is 0 Å². The molecule has 16 heavy (non-hydrogen) atoms. The highest BCUT2D eigenvalue weighted by molar-refractivity contribution is 9.10. The minimum absolute atomic E-state index is 0.409. The molecule has 0 amide bonds. The van der Waals surface area contributed by atoms with Crippen molar-refractivity contribution in [1.82, 2.24) is 10.2 Å². The van der Waals surface area contributed by atoms with Crippen molar-refractivity contribution < 1.29 is 0 Å². The minimum atomic E-state index is 0.409. The monoisotopic (exact) mass is 284 g/mol. The van der Waals surface area contributed by atoms with Gasteiger partial charge in [0, 0.05) is 23.6 Å². The molecular weight excluding hydrogens is 264 g/mol. The molecule has 90 valence electrons. The summed E-state index contributed by atoms with van der Waals surface area (Å²) < 4.78 is 1.18. The molecule has 0 bridgehead atoms. The number of benzene rings is 1. The summed E-state index contributed by atoms with van der Waals surface area (Å²) in [5.41, 5.74) is 2.64. The molecule has 3 heteroatoms. The van der Waals surface area contributed by atoms with Crippen LogP contribution in [0.15, 0.2) is 22.7 Å². The van der Waals surface area contributed by atoms with Gasteiger partial charge in [0.1, 0.15) is 0 Å². The molecule has 0 saturated carbocycles. The Labute approximate surface area is 107 Å². The smallest absolute Gasteiger partial charge is 0.0292 e. The molecule has 0 fully saturated rings. The molecule has 0 spiro atoms. The summed E-state index contributed by atoms with van der Waals surface area (Å²) in [5.74, 6) is 0. The molecule has 0 aliphatic heterocycles. The fourth-order valence-electron chi connectivity index (χ4n) is 1.56. The maximum Gasteiger partial charge on any atom is 0.0292 e. The Hall–Kier alpha value is -0.380. The molecular formula is C13H21BrN2. The van der Waals surface area contributed by atoms with Crippen molar-refractivity contribution in [2.24, 2.45) is 0 Å². The zero-order valence-corrected chi connectivity index (χ0v) is 12.1. The van der Waals surface area contributed by atoms with Gasteiger partial charge < -0.3 is 10.2 Å². The molecule has 0 saturated heterocycles. The Bertz CT molecular complexity index is 337. The largest absolute Gasteiger partial charge is 0.309 e. The van der Waals surface area contributed by atoms with Gasteiger partial charge in [-0.3, -0.25) is 0 Å². The van der Waals surface area contributed by atoms with E-state index in [1.54, 1.807) is 0 Å². The van der Waals surface area contributed by atoms with Crippen LogP contribution in [0.1, 0.15) is 24.1 Å². The average Bonchev–Trinajstić information content (AvgIpc) is 2.21. The fourth-order valence-corrected chi connectivity index (χ4v) is 1.81. The van der Waals surface area contributed by atoms with E-state index < -0.39 is 0 Å². The van der Waals surface area contributed by atoms with Gasteiger partial charge in [0.25, 0.3) is 0 Å². The Morgan fingerprint density at radius 1 is 1.38 bits per heavy atom. The molecule has 0 aromatic heterocycles. The van der Waals surface area contributed by atoms with Crippen molar-refractivity contribution in [3.05, 3.63) is 33.8 Å². The second-order valence-corrected chi connectivity index (χ2v) is 5.34. The van der Waals surface area contributed by atoms with Crippen LogP contribution in [-0.4, -0.2) is 32.1 Å². The first kappa shape index (κ1) is 13.7. The van der Waals surface area contributed by atoms with Crippen LogP contribution in [0.2, 0.25) is 0 Å². The van der Waals surface area contributed by atoms with E-state index in [4.69, 9.17) is 0 Å². The molecule has 1 rings (SSSR count). The third kappa shape index (κ3) is 4.24. The number of nitrogens with zero attached hydrogens (tertiary/aromatic N) is 1. The van der Waals surface area contributed by atoms with E-state index in [-0.39, 0.29) is 0 Å². The summed E-state index contributed by atoms with van der Waals surface area (Å²) in [4.78, 5) is 2.19. The van der Waals surface area contributed by atoms with Gasteiger partial charge in [-0.25, -0.2) is 0 Å². The summed E-state index contributed by atoms with van der Waals surface area (Å²) in [6.07, 6.45) is 0. The summed E-state index contributed by atoms with van der Waals surface area (Å²) >= 11 is 3.52. The molecule has 0 aliphatic carbocycles. The summed E-state index contributed by atoms with van der Waals surface area (Å²) in [5, 5.41) is 3.52. The van der Waals surface area contributed by atoms with Gasteiger partial charge in [0.15, 0.2) is 0 Å². The van der Waals surface area contributed by atoms with Crippen LogP contribution in [0.5, 0.6) is 0 Å². The SMILES string of the molecule is Cc1cc(C(C)NCCN(C)C)ccc1Br. The molecule has 0 heterocycles. The normalized spacial score (nSPS) is 13.1. The molecule has 0 aliphatic rings. The first-order valence-electron chi connectivity index (χ1n) is 5.65. The first-order valence-corrected chi connectivity index (χ1v) is 6.44. The molecule has 1 N–H and O–H groups in total. The number of halogens is 1. The highest BCUT2D eigenvalue weighted by atomic mass is 79.9. The average molecular weight is 285 g/mol. The van der Waals surface area contributed by atoms with E-state index in [2.05, 4.69) is 72.3 Å². The van der Waals surface area contributed by atoms with Crippen molar-refractivity contribution in [3.63, 3.8) is 0 Å². The van der Waals surface area contributed by atoms with Crippen LogP contribution in [0, 0.1) is 6.92 Å². The first-order chi connectivity index (χ1) is 7.50. The molecule has 1 aromatic rings. The van der Waals surface area contributed by atoms with Gasteiger partial charge >= 0.3 is 0 Å². The highest BCUT2D eigenvalue weighted by Crippen LogP contribution is 2.20. The van der Waals surface area contributed by atoms with Gasteiger partial charge in [-0.2, -0.15) is 0 Å². The van der Waals surface area contributed by atoms with Crippen molar-refractivity contribution in [2.45, 2.75) is 19.9 Å². The second-order valence-electron chi connectivity index (χ2n) is 4.49. The van der Waals surface area contributed by atoms with Crippen LogP contribution >= 0.6 is 15.9 Å². The highest BCUT2D eigenvalue weighted by Gasteiger charge is 2.05. The number of hydrogen-bond acceptors (Lipinski definition) is 2. The van der Waals surface area contributed by atoms with Gasteiger partial charge in [0.2, 0.25) is 0 Å². The third-order valence-electron chi connectivity index (χ3n) is 2.69. The lowest BCUT2D eigenvalue weighted by molar-refractivity contribution is 0.389. The summed E-state index contributed by atoms with van der Waals surface area (Å²) in [6, 6.07) is 6.93. The maximum atomic E-state index is 3.52. The molecule has 1 atom stereocenters. The molecule has 1 aromatic carbocycles. The molecule has 1 unspecified atom stereocenters. The lowest BCUT2D eigenvalue weighted by Gasteiger charge is -2.17. The van der Waals surface area contributed by atoms with Crippen LogP contribution in [-0.2, 0) is 0 Å². The minimum Gasteiger partial charge on any atom is -0.309 e. The maximum absolute atomic E-state index is 3.52. The quantitative estimate of drug-likeness (QED) is 0.894. The van der Waals surface area contributed by atoms with Crippen LogP contribution in [0.3, 0.4) is 0 Å². The zero-order valence-electron chi connectivity index (χ0n) is 10.5. The van der Waals surface area contributed by atoms with E-state index in [1.165, 1.54) is 15.6 Å². The number of hydrogen-bond donors (Lipinski definition) is 1. The van der Waals surface area contributed by atoms with Gasteiger partial charge in [-0.15, -0.1) is 0 Å². The second kappa shape index (κ2) is 6.38. The predicted molar refractivity (Wildman–Crippen MR) is 73.9 cm³/mol. The van der Waals surface area contributed by atoms with Gasteiger partial charge in [0.05, 0.1) is 0 Å². The standard InChI is InChI=1S/C13H21BrN2/c1-10-9-12(5-6-13(10)14)11(2)15-7-8-16(3)4/h5-6,9,11,15H,7-8H2,1-4H3. The van der Waals surface area contributed by atoms with Crippen LogP contribution in [0.25, 0.3) is 0 Å². The third-order valence-corrected chi connectivity index (χ3v) is 3.58. The van der Waals surface area contributed by atoms with Crippen molar-refractivity contribution >= 4 is 15.9 Å². The number of aryl methyl sites for hydroxylation is 1. The molecule has 2 nitrogen and oxygen atoms in total. The van der Waals surface area contributed by atoms with E-state index in [1.807, 2.05) is 0 Å². The predicted octanol–water partition coefficient (Wildman–Crippen LogP) is 2.97. The number of nitrogens with one attached hydrogen (secondary N) is 1.